The van der Waals surface area contributed by atoms with E-state index in [-0.39, 0.29) is 33.8 Å². The van der Waals surface area contributed by atoms with Crippen LogP contribution in [0.25, 0.3) is 22.3 Å². The van der Waals surface area contributed by atoms with Crippen molar-refractivity contribution >= 4 is 22.9 Å². The molecule has 1 aromatic heterocycles. The number of hydrogen-bond donors (Lipinski definition) is 7. The predicted octanol–water partition coefficient (Wildman–Crippen LogP) is 0.171. The number of phenols is 2. The SMILES string of the molecule is O=C(O)CCC(=O)OC[C@@H]1O[C@@H](Oc2cc(O)c3c(=O)c(O)c(-c4ccc(O)cc4)oc3c2)[C@@H](O)[C@@H](O)[C@@H]1O. The highest BCUT2D eigenvalue weighted by atomic mass is 16.7. The molecule has 0 unspecified atom stereocenters. The molecule has 1 aliphatic heterocycles. The number of aromatic hydroxyl groups is 3. The second-order valence-corrected chi connectivity index (χ2v) is 8.68. The zero-order valence-electron chi connectivity index (χ0n) is 20.0. The number of benzene rings is 2. The van der Waals surface area contributed by atoms with Gasteiger partial charge in [-0.3, -0.25) is 14.4 Å². The quantitative estimate of drug-likeness (QED) is 0.186. The Labute approximate surface area is 218 Å². The molecular formula is C25H24O14. The number of ether oxygens (including phenoxy) is 3. The Bertz CT molecular complexity index is 1430. The number of rotatable bonds is 8. The van der Waals surface area contributed by atoms with E-state index < -0.39 is 79.0 Å². The summed E-state index contributed by atoms with van der Waals surface area (Å²) in [7, 11) is 0. The minimum Gasteiger partial charge on any atom is -0.508 e. The average Bonchev–Trinajstić information content (AvgIpc) is 2.89. The smallest absolute Gasteiger partial charge is 0.306 e. The van der Waals surface area contributed by atoms with E-state index in [0.29, 0.717) is 0 Å². The molecule has 0 aliphatic carbocycles. The molecule has 4 rings (SSSR count). The van der Waals surface area contributed by atoms with Gasteiger partial charge in [-0.15, -0.1) is 0 Å². The third-order valence-electron chi connectivity index (χ3n) is 5.93. The van der Waals surface area contributed by atoms with Gasteiger partial charge in [0.05, 0.1) is 12.8 Å². The van der Waals surface area contributed by atoms with Gasteiger partial charge < -0.3 is 54.4 Å². The highest BCUT2D eigenvalue weighted by molar-refractivity contribution is 5.88. The van der Waals surface area contributed by atoms with Gasteiger partial charge >= 0.3 is 11.9 Å². The van der Waals surface area contributed by atoms with Gasteiger partial charge in [0.15, 0.2) is 5.76 Å². The number of hydrogen-bond acceptors (Lipinski definition) is 13. The van der Waals surface area contributed by atoms with Crippen LogP contribution in [-0.4, -0.2) is 85.0 Å². The molecule has 0 radical (unpaired) electrons. The van der Waals surface area contributed by atoms with E-state index in [1.165, 1.54) is 24.3 Å². The largest absolute Gasteiger partial charge is 0.508 e. The molecule has 1 fully saturated rings. The van der Waals surface area contributed by atoms with Crippen LogP contribution in [-0.2, 0) is 19.1 Å². The summed E-state index contributed by atoms with van der Waals surface area (Å²) in [5.74, 6) is -4.10. The van der Waals surface area contributed by atoms with Gasteiger partial charge in [-0.05, 0) is 24.3 Å². The topological polar surface area (TPSA) is 234 Å². The van der Waals surface area contributed by atoms with E-state index in [0.717, 1.165) is 12.1 Å². The number of carbonyl (C=O) groups is 2. The lowest BCUT2D eigenvalue weighted by Gasteiger charge is -2.39. The molecule has 14 heteroatoms. The Morgan fingerprint density at radius 3 is 2.28 bits per heavy atom. The summed E-state index contributed by atoms with van der Waals surface area (Å²) in [5, 5.41) is 69.4. The van der Waals surface area contributed by atoms with Crippen molar-refractivity contribution in [1.29, 1.82) is 0 Å². The number of carboxylic acids is 1. The van der Waals surface area contributed by atoms with E-state index >= 15 is 0 Å². The maximum absolute atomic E-state index is 12.7. The van der Waals surface area contributed by atoms with Crippen molar-refractivity contribution in [1.82, 2.24) is 0 Å². The summed E-state index contributed by atoms with van der Waals surface area (Å²) in [6, 6.07) is 7.48. The average molecular weight is 548 g/mol. The van der Waals surface area contributed by atoms with E-state index in [1.54, 1.807) is 0 Å². The lowest BCUT2D eigenvalue weighted by Crippen LogP contribution is -2.60. The van der Waals surface area contributed by atoms with E-state index in [4.69, 9.17) is 23.7 Å². The molecule has 7 N–H and O–H groups in total. The van der Waals surface area contributed by atoms with Crippen molar-refractivity contribution in [2.45, 2.75) is 43.5 Å². The predicted molar refractivity (Wildman–Crippen MR) is 128 cm³/mol. The fourth-order valence-electron chi connectivity index (χ4n) is 3.88. The summed E-state index contributed by atoms with van der Waals surface area (Å²) in [6.45, 7) is -0.601. The van der Waals surface area contributed by atoms with Crippen LogP contribution in [0.3, 0.4) is 0 Å². The highest BCUT2D eigenvalue weighted by Gasteiger charge is 2.45. The van der Waals surface area contributed by atoms with Gasteiger partial charge in [0.1, 0.15) is 59.2 Å². The van der Waals surface area contributed by atoms with Crippen LogP contribution in [0.5, 0.6) is 23.0 Å². The number of aliphatic carboxylic acids is 1. The number of carbonyl (C=O) groups excluding carboxylic acids is 1. The molecule has 0 bridgehead atoms. The van der Waals surface area contributed by atoms with Crippen molar-refractivity contribution in [2.75, 3.05) is 6.61 Å². The fraction of sp³-hybridized carbons (Fsp3) is 0.320. The molecule has 2 aromatic carbocycles. The molecule has 1 saturated heterocycles. The van der Waals surface area contributed by atoms with E-state index in [1.807, 2.05) is 0 Å². The Hall–Kier alpha value is -4.37. The summed E-state index contributed by atoms with van der Waals surface area (Å²) in [5.41, 5.74) is -0.953. The minimum absolute atomic E-state index is 0.0682. The molecule has 208 valence electrons. The zero-order chi connectivity index (χ0) is 28.4. The second kappa shape index (κ2) is 11.2. The monoisotopic (exact) mass is 548 g/mol. The number of aliphatic hydroxyl groups is 3. The van der Waals surface area contributed by atoms with Gasteiger partial charge in [0.2, 0.25) is 17.5 Å². The highest BCUT2D eigenvalue weighted by Crippen LogP contribution is 2.36. The summed E-state index contributed by atoms with van der Waals surface area (Å²) < 4.78 is 21.5. The standard InChI is InChI=1S/C25H24O14/c26-11-3-1-10(2-4-11)24-22(34)20(32)18-13(27)7-12(8-14(18)38-24)37-25-23(35)21(33)19(31)15(39-25)9-36-17(30)6-5-16(28)29/h1-4,7-8,15,19,21,23,25-27,31,33-35H,5-6,9H2,(H,28,29)/t15-,19+,21-,23-,25+/m0/s1. The number of carboxylic acid groups (broad SMARTS) is 1. The second-order valence-electron chi connectivity index (χ2n) is 8.68. The summed E-state index contributed by atoms with van der Waals surface area (Å²) in [4.78, 5) is 35.0. The first kappa shape index (κ1) is 27.7. The number of fused-ring (bicyclic) bond motifs is 1. The van der Waals surface area contributed by atoms with Crippen LogP contribution in [0.15, 0.2) is 45.6 Å². The lowest BCUT2D eigenvalue weighted by molar-refractivity contribution is -0.278. The Kier molecular flexibility index (Phi) is 7.92. The normalized spacial score (nSPS) is 22.9. The van der Waals surface area contributed by atoms with Crippen LogP contribution in [0.1, 0.15) is 12.8 Å². The van der Waals surface area contributed by atoms with Crippen molar-refractivity contribution in [3.05, 3.63) is 46.6 Å². The molecule has 3 aromatic rings. The minimum atomic E-state index is -1.81. The van der Waals surface area contributed by atoms with Crippen LogP contribution < -0.4 is 10.2 Å². The van der Waals surface area contributed by atoms with Crippen molar-refractivity contribution in [3.8, 4) is 34.3 Å². The van der Waals surface area contributed by atoms with Gasteiger partial charge in [-0.2, -0.15) is 0 Å². The molecule has 0 spiro atoms. The zero-order valence-corrected chi connectivity index (χ0v) is 20.0. The number of aliphatic hydroxyl groups excluding tert-OH is 3. The third-order valence-corrected chi connectivity index (χ3v) is 5.93. The van der Waals surface area contributed by atoms with Crippen molar-refractivity contribution < 1.29 is 64.0 Å². The van der Waals surface area contributed by atoms with Crippen LogP contribution >= 0.6 is 0 Å². The van der Waals surface area contributed by atoms with Gasteiger partial charge in [0, 0.05) is 17.7 Å². The van der Waals surface area contributed by atoms with Crippen molar-refractivity contribution in [3.63, 3.8) is 0 Å². The maximum atomic E-state index is 12.7. The number of esters is 1. The molecule has 0 saturated carbocycles. The lowest BCUT2D eigenvalue weighted by atomic mass is 9.99. The molecule has 5 atom stereocenters. The van der Waals surface area contributed by atoms with Crippen LogP contribution in [0, 0.1) is 0 Å². The van der Waals surface area contributed by atoms with E-state index in [2.05, 4.69) is 0 Å². The van der Waals surface area contributed by atoms with E-state index in [9.17, 15) is 45.0 Å². The number of phenolic OH excluding ortho intramolecular Hbond substituents is 2. The summed E-state index contributed by atoms with van der Waals surface area (Å²) >= 11 is 0. The first-order chi connectivity index (χ1) is 18.5. The maximum Gasteiger partial charge on any atom is 0.306 e. The fourth-order valence-corrected chi connectivity index (χ4v) is 3.88. The molecule has 14 nitrogen and oxygen atoms in total. The Morgan fingerprint density at radius 2 is 1.62 bits per heavy atom. The first-order valence-corrected chi connectivity index (χ1v) is 11.5. The molecule has 0 amide bonds. The third kappa shape index (κ3) is 5.88. The Balaban J connectivity index is 1.58. The van der Waals surface area contributed by atoms with Gasteiger partial charge in [-0.25, -0.2) is 0 Å². The first-order valence-electron chi connectivity index (χ1n) is 11.5. The Morgan fingerprint density at radius 1 is 0.923 bits per heavy atom. The van der Waals surface area contributed by atoms with Crippen LogP contribution in [0.2, 0.25) is 0 Å². The molecule has 39 heavy (non-hydrogen) atoms. The van der Waals surface area contributed by atoms with Gasteiger partial charge in [-0.1, -0.05) is 0 Å². The molecular weight excluding hydrogens is 524 g/mol. The van der Waals surface area contributed by atoms with Crippen LogP contribution in [0.4, 0.5) is 0 Å². The molecule has 1 aliphatic rings. The molecule has 2 heterocycles. The van der Waals surface area contributed by atoms with Crippen molar-refractivity contribution in [2.24, 2.45) is 0 Å². The van der Waals surface area contributed by atoms with Gasteiger partial charge in [0.25, 0.3) is 0 Å². The summed E-state index contributed by atoms with van der Waals surface area (Å²) in [6.07, 6.45) is -9.28.